The van der Waals surface area contributed by atoms with E-state index in [-0.39, 0.29) is 18.4 Å². The lowest BCUT2D eigenvalue weighted by Gasteiger charge is -2.12. The van der Waals surface area contributed by atoms with Crippen molar-refractivity contribution in [3.63, 3.8) is 0 Å². The van der Waals surface area contributed by atoms with Crippen LogP contribution in [0.15, 0.2) is 42.7 Å². The van der Waals surface area contributed by atoms with Crippen molar-refractivity contribution in [2.75, 3.05) is 5.32 Å². The zero-order chi connectivity index (χ0) is 15.4. The first kappa shape index (κ1) is 15.3. The summed E-state index contributed by atoms with van der Waals surface area (Å²) in [4.78, 5) is 12.0. The number of benzene rings is 1. The second-order valence-corrected chi connectivity index (χ2v) is 5.72. The van der Waals surface area contributed by atoms with Gasteiger partial charge in [-0.25, -0.2) is 0 Å². The van der Waals surface area contributed by atoms with Crippen molar-refractivity contribution in [2.24, 2.45) is 5.92 Å². The number of amides is 1. The Hall–Kier alpha value is -2.07. The highest BCUT2D eigenvalue weighted by Gasteiger charge is 2.13. The molecule has 0 saturated heterocycles. The zero-order valence-electron chi connectivity index (χ0n) is 12.7. The van der Waals surface area contributed by atoms with Gasteiger partial charge in [-0.05, 0) is 42.2 Å². The van der Waals surface area contributed by atoms with Crippen molar-refractivity contribution in [1.82, 2.24) is 4.57 Å². The summed E-state index contributed by atoms with van der Waals surface area (Å²) in [6.07, 6.45) is 3.14. The summed E-state index contributed by atoms with van der Waals surface area (Å²) in [5.74, 6) is 0.0729. The van der Waals surface area contributed by atoms with Crippen LogP contribution in [0.5, 0.6) is 0 Å². The molecule has 1 aromatic heterocycles. The first-order valence-corrected chi connectivity index (χ1v) is 7.16. The molecule has 2 aromatic rings. The first-order valence-electron chi connectivity index (χ1n) is 7.16. The second kappa shape index (κ2) is 6.59. The van der Waals surface area contributed by atoms with Crippen LogP contribution in [0.1, 0.15) is 31.1 Å². The van der Waals surface area contributed by atoms with Gasteiger partial charge in [-0.1, -0.05) is 26.0 Å². The molecule has 4 heteroatoms. The average Bonchev–Trinajstić information content (AvgIpc) is 2.85. The van der Waals surface area contributed by atoms with Crippen molar-refractivity contribution in [3.05, 3.63) is 53.9 Å². The summed E-state index contributed by atoms with van der Waals surface area (Å²) < 4.78 is 1.78. The number of aliphatic hydroxyl groups is 1. The Morgan fingerprint density at radius 3 is 2.76 bits per heavy atom. The smallest absolute Gasteiger partial charge is 0.244 e. The van der Waals surface area contributed by atoms with Crippen LogP contribution in [0, 0.1) is 12.8 Å². The lowest BCUT2D eigenvalue weighted by Crippen LogP contribution is -2.18. The molecular weight excluding hydrogens is 264 g/mol. The van der Waals surface area contributed by atoms with Crippen LogP contribution in [-0.2, 0) is 11.3 Å². The molecule has 0 saturated carbocycles. The van der Waals surface area contributed by atoms with Crippen molar-refractivity contribution < 1.29 is 9.90 Å². The van der Waals surface area contributed by atoms with Crippen LogP contribution in [0.2, 0.25) is 0 Å². The van der Waals surface area contributed by atoms with Crippen LogP contribution in [0.25, 0.3) is 0 Å². The van der Waals surface area contributed by atoms with E-state index in [0.29, 0.717) is 0 Å². The van der Waals surface area contributed by atoms with Crippen molar-refractivity contribution in [1.29, 1.82) is 0 Å². The fourth-order valence-electron chi connectivity index (χ4n) is 2.21. The molecular formula is C17H22N2O2. The molecule has 0 fully saturated rings. The Kier molecular flexibility index (Phi) is 4.81. The van der Waals surface area contributed by atoms with E-state index in [0.717, 1.165) is 16.8 Å². The maximum Gasteiger partial charge on any atom is 0.244 e. The number of nitrogens with one attached hydrogen (secondary N) is 1. The highest BCUT2D eigenvalue weighted by molar-refractivity contribution is 5.90. The van der Waals surface area contributed by atoms with E-state index in [9.17, 15) is 9.90 Å². The third-order valence-corrected chi connectivity index (χ3v) is 3.37. The summed E-state index contributed by atoms with van der Waals surface area (Å²) in [6.45, 7) is 6.15. The van der Waals surface area contributed by atoms with Gasteiger partial charge in [0, 0.05) is 18.1 Å². The topological polar surface area (TPSA) is 54.3 Å². The Morgan fingerprint density at radius 1 is 1.33 bits per heavy atom. The standard InChI is InChI=1S/C17H22N2O2/c1-12(2)17(21)14-7-8-19(10-14)11-16(20)18-15-6-4-5-13(3)9-15/h4-10,12,17,21H,11H2,1-3H3,(H,18,20). The molecule has 0 spiro atoms. The zero-order valence-corrected chi connectivity index (χ0v) is 12.7. The number of aryl methyl sites for hydroxylation is 1. The van der Waals surface area contributed by atoms with E-state index in [2.05, 4.69) is 5.32 Å². The molecule has 112 valence electrons. The number of aliphatic hydroxyl groups excluding tert-OH is 1. The monoisotopic (exact) mass is 286 g/mol. The molecule has 1 amide bonds. The maximum atomic E-state index is 12.0. The van der Waals surface area contributed by atoms with Gasteiger partial charge in [0.05, 0.1) is 6.10 Å². The molecule has 0 aliphatic heterocycles. The summed E-state index contributed by atoms with van der Waals surface area (Å²) in [5, 5.41) is 12.9. The maximum absolute atomic E-state index is 12.0. The van der Waals surface area contributed by atoms with Gasteiger partial charge in [0.25, 0.3) is 0 Å². The molecule has 2 N–H and O–H groups in total. The molecule has 1 atom stereocenters. The lowest BCUT2D eigenvalue weighted by molar-refractivity contribution is -0.116. The third-order valence-electron chi connectivity index (χ3n) is 3.37. The number of carbonyl (C=O) groups is 1. The van der Waals surface area contributed by atoms with Crippen LogP contribution >= 0.6 is 0 Å². The summed E-state index contributed by atoms with van der Waals surface area (Å²) in [7, 11) is 0. The van der Waals surface area contributed by atoms with Crippen molar-refractivity contribution in [2.45, 2.75) is 33.4 Å². The van der Waals surface area contributed by atoms with Gasteiger partial charge in [-0.3, -0.25) is 4.79 Å². The van der Waals surface area contributed by atoms with Crippen molar-refractivity contribution in [3.8, 4) is 0 Å². The normalized spacial score (nSPS) is 12.4. The highest BCUT2D eigenvalue weighted by Crippen LogP contribution is 2.21. The minimum atomic E-state index is -0.494. The quantitative estimate of drug-likeness (QED) is 0.887. The van der Waals surface area contributed by atoms with Gasteiger partial charge >= 0.3 is 0 Å². The highest BCUT2D eigenvalue weighted by atomic mass is 16.3. The molecule has 1 unspecified atom stereocenters. The molecule has 0 aliphatic carbocycles. The van der Waals surface area contributed by atoms with Crippen molar-refractivity contribution >= 4 is 11.6 Å². The fraction of sp³-hybridized carbons (Fsp3) is 0.353. The summed E-state index contributed by atoms with van der Waals surface area (Å²) >= 11 is 0. The minimum Gasteiger partial charge on any atom is -0.388 e. The molecule has 1 aromatic carbocycles. The Morgan fingerprint density at radius 2 is 2.10 bits per heavy atom. The van der Waals surface area contributed by atoms with E-state index < -0.39 is 6.10 Å². The van der Waals surface area contributed by atoms with E-state index in [1.165, 1.54) is 0 Å². The van der Waals surface area contributed by atoms with Crippen LogP contribution in [0.4, 0.5) is 5.69 Å². The molecule has 0 aliphatic rings. The largest absolute Gasteiger partial charge is 0.388 e. The number of hydrogen-bond acceptors (Lipinski definition) is 2. The average molecular weight is 286 g/mol. The van der Waals surface area contributed by atoms with Crippen LogP contribution in [-0.4, -0.2) is 15.6 Å². The van der Waals surface area contributed by atoms with Gasteiger partial charge in [-0.15, -0.1) is 0 Å². The fourth-order valence-corrected chi connectivity index (χ4v) is 2.21. The van der Waals surface area contributed by atoms with Gasteiger partial charge < -0.3 is 15.0 Å². The van der Waals surface area contributed by atoms with Crippen LogP contribution in [0.3, 0.4) is 0 Å². The summed E-state index contributed by atoms with van der Waals surface area (Å²) in [5.41, 5.74) is 2.75. The number of hydrogen-bond donors (Lipinski definition) is 2. The molecule has 21 heavy (non-hydrogen) atoms. The first-order chi connectivity index (χ1) is 9.95. The van der Waals surface area contributed by atoms with E-state index in [4.69, 9.17) is 0 Å². The van der Waals surface area contributed by atoms with Crippen LogP contribution < -0.4 is 5.32 Å². The number of rotatable bonds is 5. The predicted molar refractivity (Wildman–Crippen MR) is 84.0 cm³/mol. The Bertz CT molecular complexity index is 617. The second-order valence-electron chi connectivity index (χ2n) is 5.72. The predicted octanol–water partition coefficient (Wildman–Crippen LogP) is 3.12. The van der Waals surface area contributed by atoms with Gasteiger partial charge in [-0.2, -0.15) is 0 Å². The lowest BCUT2D eigenvalue weighted by atomic mass is 10.0. The van der Waals surface area contributed by atoms with Gasteiger partial charge in [0.15, 0.2) is 0 Å². The molecule has 0 bridgehead atoms. The van der Waals surface area contributed by atoms with E-state index in [1.807, 2.05) is 63.5 Å². The number of anilines is 1. The Labute approximate surface area is 125 Å². The van der Waals surface area contributed by atoms with E-state index in [1.54, 1.807) is 4.57 Å². The minimum absolute atomic E-state index is 0.0817. The molecule has 4 nitrogen and oxygen atoms in total. The third kappa shape index (κ3) is 4.20. The summed E-state index contributed by atoms with van der Waals surface area (Å²) in [6, 6.07) is 9.56. The molecule has 1 heterocycles. The van der Waals surface area contributed by atoms with Gasteiger partial charge in [0.2, 0.25) is 5.91 Å². The Balaban J connectivity index is 1.97. The van der Waals surface area contributed by atoms with Gasteiger partial charge in [0.1, 0.15) is 6.54 Å². The van der Waals surface area contributed by atoms with E-state index >= 15 is 0 Å². The molecule has 0 radical (unpaired) electrons. The SMILES string of the molecule is Cc1cccc(NC(=O)Cn2ccc(C(O)C(C)C)c2)c1. The molecule has 2 rings (SSSR count). The number of nitrogens with zero attached hydrogens (tertiary/aromatic N) is 1. The number of carbonyl (C=O) groups excluding carboxylic acids is 1. The number of aromatic nitrogens is 1.